The highest BCUT2D eigenvalue weighted by molar-refractivity contribution is 7.89. The van der Waals surface area contributed by atoms with Crippen LogP contribution in [0.5, 0.6) is 0 Å². The van der Waals surface area contributed by atoms with E-state index in [0.717, 1.165) is 19.3 Å². The Morgan fingerprint density at radius 2 is 1.96 bits per heavy atom. The van der Waals surface area contributed by atoms with Gasteiger partial charge in [-0.1, -0.05) is 18.0 Å². The third-order valence-electron chi connectivity index (χ3n) is 4.07. The van der Waals surface area contributed by atoms with E-state index in [1.807, 2.05) is 0 Å². The highest BCUT2D eigenvalue weighted by atomic mass is 35.5. The second kappa shape index (κ2) is 7.11. The molecule has 1 N–H and O–H groups in total. The van der Waals surface area contributed by atoms with Crippen molar-refractivity contribution >= 4 is 33.5 Å². The molecular weight excluding hydrogens is 366 g/mol. The number of halogens is 1. The van der Waals surface area contributed by atoms with Gasteiger partial charge in [-0.3, -0.25) is 10.1 Å². The minimum absolute atomic E-state index is 0.0573. The molecule has 3 rings (SSSR count). The summed E-state index contributed by atoms with van der Waals surface area (Å²) in [5.74, 6) is -0.304. The van der Waals surface area contributed by atoms with Gasteiger partial charge in [0.1, 0.15) is 6.33 Å². The smallest absolute Gasteiger partial charge is 0.259 e. The van der Waals surface area contributed by atoms with Crippen LogP contribution in [0.4, 0.5) is 5.95 Å². The van der Waals surface area contributed by atoms with Gasteiger partial charge in [0.15, 0.2) is 0 Å². The maximum Gasteiger partial charge on any atom is 0.259 e. The van der Waals surface area contributed by atoms with Crippen LogP contribution >= 0.6 is 11.6 Å². The molecule has 1 aromatic heterocycles. The van der Waals surface area contributed by atoms with E-state index in [0.29, 0.717) is 13.1 Å². The first-order chi connectivity index (χ1) is 11.9. The number of benzene rings is 1. The van der Waals surface area contributed by atoms with Gasteiger partial charge in [-0.25, -0.2) is 8.42 Å². The Labute approximate surface area is 150 Å². The summed E-state index contributed by atoms with van der Waals surface area (Å²) in [6, 6.07) is 4.15. The monoisotopic (exact) mass is 383 g/mol. The maximum absolute atomic E-state index is 12.8. The fourth-order valence-corrected chi connectivity index (χ4v) is 4.41. The van der Waals surface area contributed by atoms with Crippen molar-refractivity contribution < 1.29 is 13.2 Å². The average Bonchev–Trinajstić information content (AvgIpc) is 3.00. The number of hydrogen-bond donors (Lipinski definition) is 1. The van der Waals surface area contributed by atoms with E-state index in [9.17, 15) is 13.2 Å². The van der Waals surface area contributed by atoms with Gasteiger partial charge in [-0.15, -0.1) is 10.2 Å². The maximum atomic E-state index is 12.8. The SMILES string of the molecule is Cn1cnnc1NC(=O)c1cc(S(=O)(=O)N2CCCCC2)ccc1Cl. The lowest BCUT2D eigenvalue weighted by atomic mass is 10.2. The molecule has 2 heterocycles. The van der Waals surface area contributed by atoms with Gasteiger partial charge in [0.2, 0.25) is 16.0 Å². The number of carbonyl (C=O) groups excluding carboxylic acids is 1. The molecule has 0 unspecified atom stereocenters. The second-order valence-corrected chi connectivity index (χ2v) is 8.17. The summed E-state index contributed by atoms with van der Waals surface area (Å²) in [6.45, 7) is 0.983. The third-order valence-corrected chi connectivity index (χ3v) is 6.30. The summed E-state index contributed by atoms with van der Waals surface area (Å²) in [6.07, 6.45) is 4.14. The summed E-state index contributed by atoms with van der Waals surface area (Å²) < 4.78 is 28.5. The van der Waals surface area contributed by atoms with E-state index < -0.39 is 15.9 Å². The number of amides is 1. The summed E-state index contributed by atoms with van der Waals surface area (Å²) in [4.78, 5) is 12.5. The Morgan fingerprint density at radius 3 is 2.60 bits per heavy atom. The average molecular weight is 384 g/mol. The number of hydrogen-bond acceptors (Lipinski definition) is 5. The minimum Gasteiger partial charge on any atom is -0.303 e. The summed E-state index contributed by atoms with van der Waals surface area (Å²) in [7, 11) is -1.97. The Kier molecular flexibility index (Phi) is 5.07. The number of carbonyl (C=O) groups is 1. The molecule has 10 heteroatoms. The van der Waals surface area contributed by atoms with Crippen LogP contribution in [0.15, 0.2) is 29.4 Å². The molecule has 1 aliphatic rings. The number of sulfonamides is 1. The molecule has 134 valence electrons. The lowest BCUT2D eigenvalue weighted by molar-refractivity contribution is 0.102. The largest absolute Gasteiger partial charge is 0.303 e. The zero-order chi connectivity index (χ0) is 18.0. The molecule has 1 amide bonds. The molecule has 1 aromatic carbocycles. The summed E-state index contributed by atoms with van der Waals surface area (Å²) in [5.41, 5.74) is 0.0720. The Morgan fingerprint density at radius 1 is 1.24 bits per heavy atom. The molecule has 2 aromatic rings. The molecule has 0 saturated carbocycles. The van der Waals surface area contributed by atoms with E-state index >= 15 is 0 Å². The van der Waals surface area contributed by atoms with Crippen LogP contribution in [0, 0.1) is 0 Å². The van der Waals surface area contributed by atoms with Crippen molar-refractivity contribution in [3.63, 3.8) is 0 Å². The first kappa shape index (κ1) is 17.8. The molecule has 1 saturated heterocycles. The molecule has 25 heavy (non-hydrogen) atoms. The molecule has 1 fully saturated rings. The highest BCUT2D eigenvalue weighted by Gasteiger charge is 2.27. The van der Waals surface area contributed by atoms with E-state index in [-0.39, 0.29) is 21.4 Å². The molecule has 0 radical (unpaired) electrons. The van der Waals surface area contributed by atoms with Crippen molar-refractivity contribution in [3.8, 4) is 0 Å². The lowest BCUT2D eigenvalue weighted by Crippen LogP contribution is -2.35. The number of nitrogens with zero attached hydrogens (tertiary/aromatic N) is 4. The minimum atomic E-state index is -3.64. The van der Waals surface area contributed by atoms with Crippen molar-refractivity contribution in [3.05, 3.63) is 35.1 Å². The van der Waals surface area contributed by atoms with E-state index in [4.69, 9.17) is 11.6 Å². The van der Waals surface area contributed by atoms with Gasteiger partial charge in [0, 0.05) is 20.1 Å². The van der Waals surface area contributed by atoms with Gasteiger partial charge >= 0.3 is 0 Å². The van der Waals surface area contributed by atoms with Crippen molar-refractivity contribution in [1.29, 1.82) is 0 Å². The molecule has 0 bridgehead atoms. The van der Waals surface area contributed by atoms with E-state index in [1.54, 1.807) is 7.05 Å². The van der Waals surface area contributed by atoms with Crippen LogP contribution in [0.25, 0.3) is 0 Å². The van der Waals surface area contributed by atoms with Crippen LogP contribution in [0.3, 0.4) is 0 Å². The predicted molar refractivity (Wildman–Crippen MR) is 93.0 cm³/mol. The summed E-state index contributed by atoms with van der Waals surface area (Å²) >= 11 is 6.09. The normalized spacial score (nSPS) is 15.9. The molecule has 8 nitrogen and oxygen atoms in total. The first-order valence-electron chi connectivity index (χ1n) is 7.84. The van der Waals surface area contributed by atoms with Gasteiger partial charge in [-0.2, -0.15) is 4.31 Å². The van der Waals surface area contributed by atoms with Gasteiger partial charge in [0.25, 0.3) is 5.91 Å². The number of rotatable bonds is 4. The number of nitrogens with one attached hydrogen (secondary N) is 1. The summed E-state index contributed by atoms with van der Waals surface area (Å²) in [5, 5.41) is 10.2. The molecule has 0 atom stereocenters. The standard InChI is InChI=1S/C15H18ClN5O3S/c1-20-10-17-19-15(20)18-14(22)12-9-11(5-6-13(12)16)25(23,24)21-7-3-2-4-8-21/h5-6,9-10H,2-4,7-8H2,1H3,(H,18,19,22). The zero-order valence-corrected chi connectivity index (χ0v) is 15.2. The Hall–Kier alpha value is -1.97. The van der Waals surface area contributed by atoms with Crippen LogP contribution < -0.4 is 5.32 Å². The van der Waals surface area contributed by atoms with Crippen LogP contribution in [-0.2, 0) is 17.1 Å². The number of piperidine rings is 1. The highest BCUT2D eigenvalue weighted by Crippen LogP contribution is 2.25. The quantitative estimate of drug-likeness (QED) is 0.869. The van der Waals surface area contributed by atoms with E-state index in [2.05, 4.69) is 15.5 Å². The molecule has 0 aliphatic carbocycles. The van der Waals surface area contributed by atoms with Crippen molar-refractivity contribution in [1.82, 2.24) is 19.1 Å². The fraction of sp³-hybridized carbons (Fsp3) is 0.400. The number of aryl methyl sites for hydroxylation is 1. The van der Waals surface area contributed by atoms with Gasteiger partial charge in [-0.05, 0) is 31.0 Å². The van der Waals surface area contributed by atoms with Crippen molar-refractivity contribution in [2.24, 2.45) is 7.05 Å². The molecular formula is C15H18ClN5O3S. The van der Waals surface area contributed by atoms with E-state index in [1.165, 1.54) is 33.4 Å². The predicted octanol–water partition coefficient (Wildman–Crippen LogP) is 1.90. The van der Waals surface area contributed by atoms with Gasteiger partial charge in [0.05, 0.1) is 15.5 Å². The third kappa shape index (κ3) is 3.68. The number of aromatic nitrogens is 3. The second-order valence-electron chi connectivity index (χ2n) is 5.83. The Balaban J connectivity index is 1.90. The fourth-order valence-electron chi connectivity index (χ4n) is 2.66. The topological polar surface area (TPSA) is 97.2 Å². The molecule has 0 spiro atoms. The van der Waals surface area contributed by atoms with Crippen LogP contribution in [0.1, 0.15) is 29.6 Å². The van der Waals surface area contributed by atoms with Crippen LogP contribution in [-0.4, -0.2) is 46.5 Å². The van der Waals surface area contributed by atoms with Crippen molar-refractivity contribution in [2.45, 2.75) is 24.2 Å². The van der Waals surface area contributed by atoms with Crippen LogP contribution in [0.2, 0.25) is 5.02 Å². The van der Waals surface area contributed by atoms with Gasteiger partial charge < -0.3 is 4.57 Å². The van der Waals surface area contributed by atoms with Crippen molar-refractivity contribution in [2.75, 3.05) is 18.4 Å². The Bertz CT molecular complexity index is 890. The first-order valence-corrected chi connectivity index (χ1v) is 9.66. The zero-order valence-electron chi connectivity index (χ0n) is 13.6. The molecule has 1 aliphatic heterocycles. The lowest BCUT2D eigenvalue weighted by Gasteiger charge is -2.26. The number of anilines is 1.